The first kappa shape index (κ1) is 33.8. The van der Waals surface area contributed by atoms with Gasteiger partial charge in [-0.25, -0.2) is 9.59 Å². The van der Waals surface area contributed by atoms with Gasteiger partial charge in [0.15, 0.2) is 0 Å². The molecule has 0 amide bonds. The van der Waals surface area contributed by atoms with Crippen LogP contribution in [0.5, 0.6) is 0 Å². The highest BCUT2D eigenvalue weighted by molar-refractivity contribution is 5.99. The van der Waals surface area contributed by atoms with Gasteiger partial charge >= 0.3 is 11.9 Å². The molecule has 0 radical (unpaired) electrons. The van der Waals surface area contributed by atoms with Crippen molar-refractivity contribution in [3.63, 3.8) is 0 Å². The van der Waals surface area contributed by atoms with E-state index in [1.54, 1.807) is 13.8 Å². The molecule has 4 aliphatic rings. The van der Waals surface area contributed by atoms with E-state index in [-0.39, 0.29) is 18.6 Å². The van der Waals surface area contributed by atoms with Crippen LogP contribution < -0.4 is 5.32 Å². The van der Waals surface area contributed by atoms with E-state index in [2.05, 4.69) is 67.6 Å². The molecule has 0 spiro atoms. The second-order valence-electron chi connectivity index (χ2n) is 17.1. The molecule has 5 heteroatoms. The van der Waals surface area contributed by atoms with Gasteiger partial charge in [0.05, 0.1) is 13.2 Å². The average Bonchev–Trinajstić information content (AvgIpc) is 3.29. The number of ether oxygens (including phenoxy) is 2. The standard InChI is InChI=1S/C37H65NO4/c1-12-41-31(39)30(32(40)42-13-2)38-22-14-18-33(5,6)26-16-20-37(11)29(26)24(3)23-28-35(9)19-15-25(4)34(7,8)27(35)17-21-36(28,37)10/h24-30,38H,12-23H2,1-11H3/t24?,25-,26?,27?,28?,29+,35-,36+,37+/m0/s1. The Morgan fingerprint density at radius 1 is 0.857 bits per heavy atom. The minimum Gasteiger partial charge on any atom is -0.464 e. The first-order valence-electron chi connectivity index (χ1n) is 17.6. The normalized spacial score (nSPS) is 41.0. The third-order valence-corrected chi connectivity index (χ3v) is 14.7. The zero-order chi connectivity index (χ0) is 31.3. The predicted molar refractivity (Wildman–Crippen MR) is 171 cm³/mol. The topological polar surface area (TPSA) is 64.6 Å². The van der Waals surface area contributed by atoms with Crippen LogP contribution in [0.4, 0.5) is 0 Å². The molecule has 0 saturated heterocycles. The van der Waals surface area contributed by atoms with E-state index in [1.165, 1.54) is 44.9 Å². The molecule has 0 heterocycles. The van der Waals surface area contributed by atoms with Crippen LogP contribution in [-0.2, 0) is 19.1 Å². The molecule has 5 nitrogen and oxygen atoms in total. The van der Waals surface area contributed by atoms with Gasteiger partial charge in [-0.2, -0.15) is 0 Å². The molecule has 1 N–H and O–H groups in total. The largest absolute Gasteiger partial charge is 0.464 e. The summed E-state index contributed by atoms with van der Waals surface area (Å²) in [5.74, 6) is 3.60. The van der Waals surface area contributed by atoms with Gasteiger partial charge in [-0.3, -0.25) is 5.32 Å². The number of carbonyl (C=O) groups is 2. The highest BCUT2D eigenvalue weighted by atomic mass is 16.6. The summed E-state index contributed by atoms with van der Waals surface area (Å²) >= 11 is 0. The molecule has 4 unspecified atom stereocenters. The summed E-state index contributed by atoms with van der Waals surface area (Å²) in [5.41, 5.74) is 1.89. The van der Waals surface area contributed by atoms with Gasteiger partial charge in [-0.15, -0.1) is 0 Å². The summed E-state index contributed by atoms with van der Waals surface area (Å²) in [6.07, 6.45) is 11.7. The van der Waals surface area contributed by atoms with Crippen molar-refractivity contribution in [1.82, 2.24) is 5.32 Å². The molecule has 0 aromatic carbocycles. The Morgan fingerprint density at radius 2 is 1.45 bits per heavy atom. The minimum absolute atomic E-state index is 0.203. The molecular weight excluding hydrogens is 522 g/mol. The number of fused-ring (bicyclic) bond motifs is 5. The number of nitrogens with one attached hydrogen (secondary N) is 1. The van der Waals surface area contributed by atoms with Crippen LogP contribution in [0.25, 0.3) is 0 Å². The molecule has 4 rings (SSSR count). The molecule has 4 aliphatic carbocycles. The molecule has 0 bridgehead atoms. The van der Waals surface area contributed by atoms with Crippen molar-refractivity contribution in [3.8, 4) is 0 Å². The lowest BCUT2D eigenvalue weighted by Gasteiger charge is -2.71. The monoisotopic (exact) mass is 587 g/mol. The van der Waals surface area contributed by atoms with Crippen LogP contribution in [0, 0.1) is 62.6 Å². The lowest BCUT2D eigenvalue weighted by molar-refractivity contribution is -0.225. The van der Waals surface area contributed by atoms with Gasteiger partial charge in [0, 0.05) is 0 Å². The average molecular weight is 588 g/mol. The third kappa shape index (κ3) is 5.38. The fourth-order valence-corrected chi connectivity index (χ4v) is 12.0. The number of esters is 2. The zero-order valence-electron chi connectivity index (χ0n) is 29.2. The van der Waals surface area contributed by atoms with Crippen LogP contribution in [0.1, 0.15) is 134 Å². The van der Waals surface area contributed by atoms with Gasteiger partial charge in [-0.05, 0) is 141 Å². The molecule has 9 atom stereocenters. The molecule has 0 aliphatic heterocycles. The Bertz CT molecular complexity index is 972. The van der Waals surface area contributed by atoms with Crippen molar-refractivity contribution < 1.29 is 19.1 Å². The SMILES string of the molecule is CCOC(=O)C(NCCCC(C)(C)C1CC[C@]2(C)[C@@H]1C(C)CC1[C@@]3(C)CC[C@H](C)C(C)(C)C3CC[C@]12C)C(=O)OCC. The maximum atomic E-state index is 12.4. The molecule has 4 fully saturated rings. The molecule has 4 saturated carbocycles. The van der Waals surface area contributed by atoms with E-state index in [1.807, 2.05) is 0 Å². The van der Waals surface area contributed by atoms with Crippen molar-refractivity contribution in [2.75, 3.05) is 19.8 Å². The van der Waals surface area contributed by atoms with Crippen LogP contribution in [0.2, 0.25) is 0 Å². The summed E-state index contributed by atoms with van der Waals surface area (Å²) in [5, 5.41) is 3.16. The number of carbonyl (C=O) groups excluding carboxylic acids is 2. The van der Waals surface area contributed by atoms with Crippen molar-refractivity contribution in [3.05, 3.63) is 0 Å². The van der Waals surface area contributed by atoms with E-state index in [0.717, 1.165) is 42.4 Å². The quantitative estimate of drug-likeness (QED) is 0.158. The van der Waals surface area contributed by atoms with E-state index >= 15 is 0 Å². The van der Waals surface area contributed by atoms with Gasteiger partial charge in [0.25, 0.3) is 0 Å². The lowest BCUT2D eigenvalue weighted by atomic mass is 9.34. The van der Waals surface area contributed by atoms with Crippen LogP contribution in [-0.4, -0.2) is 37.7 Å². The minimum atomic E-state index is -1.04. The Morgan fingerprint density at radius 3 is 2.05 bits per heavy atom. The molecule has 42 heavy (non-hydrogen) atoms. The summed E-state index contributed by atoms with van der Waals surface area (Å²) < 4.78 is 10.3. The second kappa shape index (κ2) is 12.0. The summed E-state index contributed by atoms with van der Waals surface area (Å²) in [6, 6.07) is -1.04. The number of rotatable bonds is 10. The molecule has 0 aromatic heterocycles. The van der Waals surface area contributed by atoms with Gasteiger partial charge in [-0.1, -0.05) is 62.3 Å². The Hall–Kier alpha value is -1.10. The van der Waals surface area contributed by atoms with Crippen LogP contribution in [0.3, 0.4) is 0 Å². The molecule has 0 aromatic rings. The van der Waals surface area contributed by atoms with Gasteiger partial charge < -0.3 is 9.47 Å². The van der Waals surface area contributed by atoms with Crippen LogP contribution in [0.15, 0.2) is 0 Å². The van der Waals surface area contributed by atoms with E-state index < -0.39 is 18.0 Å². The predicted octanol–water partition coefficient (Wildman–Crippen LogP) is 8.44. The molecule has 242 valence electrons. The maximum absolute atomic E-state index is 12.4. The highest BCUT2D eigenvalue weighted by Crippen LogP contribution is 2.77. The van der Waals surface area contributed by atoms with Crippen molar-refractivity contribution >= 4 is 11.9 Å². The summed E-state index contributed by atoms with van der Waals surface area (Å²) in [6.45, 7) is 28.0. The first-order chi connectivity index (χ1) is 19.5. The Balaban J connectivity index is 1.47. The fraction of sp³-hybridized carbons (Fsp3) is 0.946. The Kier molecular flexibility index (Phi) is 9.66. The van der Waals surface area contributed by atoms with Crippen molar-refractivity contribution in [1.29, 1.82) is 0 Å². The highest BCUT2D eigenvalue weighted by Gasteiger charge is 2.70. The van der Waals surface area contributed by atoms with Crippen molar-refractivity contribution in [2.24, 2.45) is 62.6 Å². The van der Waals surface area contributed by atoms with Crippen molar-refractivity contribution in [2.45, 2.75) is 140 Å². The van der Waals surface area contributed by atoms with Gasteiger partial charge in [0.1, 0.15) is 0 Å². The van der Waals surface area contributed by atoms with E-state index in [9.17, 15) is 9.59 Å². The number of hydrogen-bond acceptors (Lipinski definition) is 5. The summed E-state index contributed by atoms with van der Waals surface area (Å²) in [4.78, 5) is 24.8. The number of hydrogen-bond donors (Lipinski definition) is 1. The Labute approximate surface area is 258 Å². The zero-order valence-corrected chi connectivity index (χ0v) is 29.2. The fourth-order valence-electron chi connectivity index (χ4n) is 12.0. The maximum Gasteiger partial charge on any atom is 0.334 e. The third-order valence-electron chi connectivity index (χ3n) is 14.7. The second-order valence-corrected chi connectivity index (χ2v) is 17.1. The van der Waals surface area contributed by atoms with E-state index in [0.29, 0.717) is 34.1 Å². The first-order valence-corrected chi connectivity index (χ1v) is 17.6. The smallest absolute Gasteiger partial charge is 0.334 e. The van der Waals surface area contributed by atoms with Crippen LogP contribution >= 0.6 is 0 Å². The summed E-state index contributed by atoms with van der Waals surface area (Å²) in [7, 11) is 0. The molecular formula is C37H65NO4. The van der Waals surface area contributed by atoms with Gasteiger partial charge in [0.2, 0.25) is 6.04 Å². The van der Waals surface area contributed by atoms with E-state index in [4.69, 9.17) is 9.47 Å². The lowest BCUT2D eigenvalue weighted by Crippen LogP contribution is -2.64.